The molecule has 0 fully saturated rings. The highest BCUT2D eigenvalue weighted by atomic mass is 16.4. The summed E-state index contributed by atoms with van der Waals surface area (Å²) in [5, 5.41) is 15.8. The number of carboxylic acids is 1. The van der Waals surface area contributed by atoms with Crippen LogP contribution in [-0.4, -0.2) is 18.0 Å². The van der Waals surface area contributed by atoms with E-state index in [1.807, 2.05) is 19.1 Å². The van der Waals surface area contributed by atoms with Gasteiger partial charge in [0.1, 0.15) is 0 Å². The molecule has 5 nitrogen and oxygen atoms in total. The minimum atomic E-state index is -1.29. The van der Waals surface area contributed by atoms with Gasteiger partial charge in [-0.3, -0.25) is 0 Å². The topological polar surface area (TPSA) is 81.3 Å². The zero-order valence-electron chi connectivity index (χ0n) is 10.7. The summed E-state index contributed by atoms with van der Waals surface area (Å²) < 4.78 is 0. The second kappa shape index (κ2) is 6.05. The molecule has 5 heteroatoms. The minimum absolute atomic E-state index is 0.238. The fourth-order valence-electron chi connectivity index (χ4n) is 1.51. The second-order valence-electron chi connectivity index (χ2n) is 4.45. The van der Waals surface area contributed by atoms with Gasteiger partial charge in [0.25, 0.3) is 0 Å². The quantitative estimate of drug-likeness (QED) is 0.831. The smallest absolute Gasteiger partial charge is 0.319 e. The molecule has 0 spiro atoms. The molecule has 0 saturated carbocycles. The van der Waals surface area contributed by atoms with E-state index in [9.17, 15) is 14.7 Å². The molecule has 0 radical (unpaired) electrons. The zero-order valence-corrected chi connectivity index (χ0v) is 10.7. The Labute approximate surface area is 106 Å². The Kier molecular flexibility index (Phi) is 4.71. The summed E-state index contributed by atoms with van der Waals surface area (Å²) >= 11 is 0. The van der Waals surface area contributed by atoms with E-state index in [0.29, 0.717) is 5.69 Å². The van der Waals surface area contributed by atoms with Crippen molar-refractivity contribution >= 4 is 17.7 Å². The third kappa shape index (κ3) is 3.76. The summed E-state index contributed by atoms with van der Waals surface area (Å²) in [5.41, 5.74) is 1.55. The Hall–Kier alpha value is -2.04. The van der Waals surface area contributed by atoms with Gasteiger partial charge in [-0.15, -0.1) is 0 Å². The van der Waals surface area contributed by atoms with E-state index in [4.69, 9.17) is 0 Å². The zero-order chi connectivity index (χ0) is 13.7. The molecule has 0 saturated heterocycles. The summed E-state index contributed by atoms with van der Waals surface area (Å²) in [4.78, 5) is 22.5. The van der Waals surface area contributed by atoms with Crippen LogP contribution in [0.5, 0.6) is 0 Å². The number of urea groups is 1. The molecule has 0 aromatic heterocycles. The monoisotopic (exact) mass is 249 g/mol. The van der Waals surface area contributed by atoms with Crippen LogP contribution in [-0.2, 0) is 4.79 Å². The van der Waals surface area contributed by atoms with Gasteiger partial charge in [-0.1, -0.05) is 32.0 Å². The number of hydrogen-bond acceptors (Lipinski definition) is 3. The van der Waals surface area contributed by atoms with E-state index in [1.54, 1.807) is 26.0 Å². The van der Waals surface area contributed by atoms with Crippen molar-refractivity contribution < 1.29 is 14.7 Å². The van der Waals surface area contributed by atoms with Crippen LogP contribution in [0.2, 0.25) is 0 Å². The van der Waals surface area contributed by atoms with Crippen LogP contribution in [0.4, 0.5) is 10.5 Å². The van der Waals surface area contributed by atoms with E-state index < -0.39 is 18.0 Å². The summed E-state index contributed by atoms with van der Waals surface area (Å²) in [6.07, 6.45) is 0. The van der Waals surface area contributed by atoms with E-state index in [1.165, 1.54) is 0 Å². The third-order valence-corrected chi connectivity index (χ3v) is 2.60. The van der Waals surface area contributed by atoms with Crippen molar-refractivity contribution in [2.75, 3.05) is 5.32 Å². The summed E-state index contributed by atoms with van der Waals surface area (Å²) in [6.45, 7) is 5.26. The highest BCUT2D eigenvalue weighted by Crippen LogP contribution is 2.13. The summed E-state index contributed by atoms with van der Waals surface area (Å²) in [7, 11) is 0. The molecule has 2 amide bonds. The van der Waals surface area contributed by atoms with Crippen molar-refractivity contribution in [1.29, 1.82) is 0 Å². The number of carboxylic acid groups (broad SMARTS) is 1. The number of anilines is 1. The first-order chi connectivity index (χ1) is 8.41. The first-order valence-corrected chi connectivity index (χ1v) is 5.76. The van der Waals surface area contributed by atoms with Crippen LogP contribution in [0.15, 0.2) is 24.3 Å². The van der Waals surface area contributed by atoms with Gasteiger partial charge in [0.15, 0.2) is 0 Å². The van der Waals surface area contributed by atoms with Crippen molar-refractivity contribution in [3.8, 4) is 0 Å². The van der Waals surface area contributed by atoms with Crippen molar-refractivity contribution in [2.45, 2.75) is 26.8 Å². The first kappa shape index (κ1) is 14.0. The average molecular weight is 249 g/mol. The van der Waals surface area contributed by atoms with Gasteiger partial charge in [-0.2, -0.15) is 0 Å². The molecule has 1 aromatic carbocycles. The molecular weight excluding hydrogens is 232 g/mol. The van der Waals surface area contributed by atoms with Gasteiger partial charge in [0.2, 0.25) is 0 Å². The lowest BCUT2D eigenvalue weighted by Gasteiger charge is -2.23. The molecule has 18 heavy (non-hydrogen) atoms. The van der Waals surface area contributed by atoms with E-state index >= 15 is 0 Å². The summed E-state index contributed by atoms with van der Waals surface area (Å²) in [5.74, 6) is -1.53. The van der Waals surface area contributed by atoms with Crippen LogP contribution in [0.25, 0.3) is 0 Å². The van der Waals surface area contributed by atoms with Crippen LogP contribution in [0, 0.1) is 12.8 Å². The Morgan fingerprint density at radius 1 is 1.22 bits per heavy atom. The maximum Gasteiger partial charge on any atom is 0.319 e. The maximum atomic E-state index is 11.7. The molecule has 0 aliphatic rings. The maximum absolute atomic E-state index is 11.7. The van der Waals surface area contributed by atoms with Crippen LogP contribution >= 0.6 is 0 Å². The largest absolute Gasteiger partial charge is 0.548 e. The standard InChI is InChI=1S/C13H18N2O3/c1-8(2)11(12(16)17)15-13(18)14-10-7-5-4-6-9(10)3/h4-8,11H,1-3H3,(H,16,17)(H2,14,15,18)/p-1/t11-/m1/s1. The predicted octanol–water partition coefficient (Wildman–Crippen LogP) is 0.891. The van der Waals surface area contributed by atoms with Crippen molar-refractivity contribution in [2.24, 2.45) is 5.92 Å². The van der Waals surface area contributed by atoms with Crippen LogP contribution < -0.4 is 15.7 Å². The fraction of sp³-hybridized carbons (Fsp3) is 0.385. The second-order valence-corrected chi connectivity index (χ2v) is 4.45. The van der Waals surface area contributed by atoms with Gasteiger partial charge < -0.3 is 20.5 Å². The van der Waals surface area contributed by atoms with Gasteiger partial charge in [-0.25, -0.2) is 4.79 Å². The third-order valence-electron chi connectivity index (χ3n) is 2.60. The SMILES string of the molecule is Cc1ccccc1NC(=O)N[C@@H](C(=O)[O-])C(C)C. The van der Waals surface area contributed by atoms with E-state index in [0.717, 1.165) is 5.56 Å². The molecule has 0 unspecified atom stereocenters. The molecule has 0 heterocycles. The Morgan fingerprint density at radius 3 is 2.33 bits per heavy atom. The number of amides is 2. The number of aliphatic carboxylic acids is 1. The first-order valence-electron chi connectivity index (χ1n) is 5.76. The number of para-hydroxylation sites is 1. The lowest BCUT2D eigenvalue weighted by atomic mass is 10.1. The molecule has 1 rings (SSSR count). The number of rotatable bonds is 4. The molecule has 0 bridgehead atoms. The number of benzene rings is 1. The van der Waals surface area contributed by atoms with E-state index in [-0.39, 0.29) is 5.92 Å². The molecule has 1 aromatic rings. The lowest BCUT2D eigenvalue weighted by molar-refractivity contribution is -0.309. The van der Waals surface area contributed by atoms with Gasteiger partial charge in [0.05, 0.1) is 12.0 Å². The molecule has 98 valence electrons. The fourth-order valence-corrected chi connectivity index (χ4v) is 1.51. The van der Waals surface area contributed by atoms with Crippen molar-refractivity contribution in [3.05, 3.63) is 29.8 Å². The molecule has 0 aliphatic heterocycles. The number of carbonyl (C=O) groups excluding carboxylic acids is 2. The van der Waals surface area contributed by atoms with Gasteiger partial charge in [0, 0.05) is 5.69 Å². The van der Waals surface area contributed by atoms with Crippen molar-refractivity contribution in [1.82, 2.24) is 5.32 Å². The van der Waals surface area contributed by atoms with Crippen LogP contribution in [0.3, 0.4) is 0 Å². The molecule has 2 N–H and O–H groups in total. The predicted molar refractivity (Wildman–Crippen MR) is 67.0 cm³/mol. The van der Waals surface area contributed by atoms with Crippen molar-refractivity contribution in [3.63, 3.8) is 0 Å². The lowest BCUT2D eigenvalue weighted by Crippen LogP contribution is -2.51. The Morgan fingerprint density at radius 2 is 1.83 bits per heavy atom. The number of carbonyl (C=O) groups is 2. The molecule has 0 aliphatic carbocycles. The Balaban J connectivity index is 2.67. The van der Waals surface area contributed by atoms with Gasteiger partial charge in [-0.05, 0) is 24.5 Å². The normalized spacial score (nSPS) is 12.0. The van der Waals surface area contributed by atoms with Gasteiger partial charge >= 0.3 is 6.03 Å². The highest BCUT2D eigenvalue weighted by molar-refractivity contribution is 5.92. The Bertz CT molecular complexity index is 444. The number of nitrogens with one attached hydrogen (secondary N) is 2. The number of aryl methyl sites for hydroxylation is 1. The number of hydrogen-bond donors (Lipinski definition) is 2. The van der Waals surface area contributed by atoms with E-state index in [2.05, 4.69) is 10.6 Å². The minimum Gasteiger partial charge on any atom is -0.548 e. The van der Waals surface area contributed by atoms with Crippen LogP contribution in [0.1, 0.15) is 19.4 Å². The summed E-state index contributed by atoms with van der Waals surface area (Å²) in [6, 6.07) is 5.70. The average Bonchev–Trinajstić information content (AvgIpc) is 2.28. The molecular formula is C13H17N2O3-. The molecule has 1 atom stereocenters. The highest BCUT2D eigenvalue weighted by Gasteiger charge is 2.17.